The van der Waals surface area contributed by atoms with E-state index < -0.39 is 32.8 Å². The molecule has 2 unspecified atom stereocenters. The zero-order valence-corrected chi connectivity index (χ0v) is 32.9. The van der Waals surface area contributed by atoms with Crippen molar-refractivity contribution < 1.29 is 32.3 Å². The molecule has 3 aliphatic carbocycles. The predicted molar refractivity (Wildman–Crippen MR) is 213 cm³/mol. The molecule has 1 aromatic rings. The van der Waals surface area contributed by atoms with Crippen LogP contribution in [0, 0.1) is 43.4 Å². The molecule has 6 rings (SSSR count). The average Bonchev–Trinajstić information content (AvgIpc) is 4.09. The van der Waals surface area contributed by atoms with Gasteiger partial charge in [-0.15, -0.1) is 32.3 Å². The van der Waals surface area contributed by atoms with E-state index in [0.717, 1.165) is 48.9 Å². The lowest BCUT2D eigenvalue weighted by atomic mass is 10.1. The van der Waals surface area contributed by atoms with Gasteiger partial charge in [0.2, 0.25) is 27.7 Å². The second-order valence-electron chi connectivity index (χ2n) is 13.8. The van der Waals surface area contributed by atoms with Crippen LogP contribution in [0.5, 0.6) is 0 Å². The third-order valence-electron chi connectivity index (χ3n) is 8.46. The number of carbonyl (C=O) groups is 4. The van der Waals surface area contributed by atoms with Gasteiger partial charge in [0.05, 0.1) is 11.8 Å². The minimum Gasteiger partial charge on any atom is -0.391 e. The number of aliphatic imine (C=N–C) groups is 1. The number of hydrogen-bond donors (Lipinski definition) is 4. The fraction of sp³-hybridized carbons (Fsp3) is 0.525. The fourth-order valence-corrected chi connectivity index (χ4v) is 6.82. The van der Waals surface area contributed by atoms with E-state index >= 15 is 0 Å². The summed E-state index contributed by atoms with van der Waals surface area (Å²) in [5.41, 5.74) is 5.59. The molecule has 0 aromatic heterocycles. The van der Waals surface area contributed by atoms with E-state index in [1.54, 1.807) is 12.3 Å². The molecule has 1 saturated heterocycles. The Labute approximate surface area is 322 Å². The van der Waals surface area contributed by atoms with Crippen molar-refractivity contribution in [2.75, 3.05) is 13.1 Å². The van der Waals surface area contributed by atoms with Crippen molar-refractivity contribution in [2.45, 2.75) is 102 Å². The smallest absolute Gasteiger partial charge is 0.391 e. The second-order valence-corrected chi connectivity index (χ2v) is 15.8. The van der Waals surface area contributed by atoms with E-state index in [-0.39, 0.29) is 23.8 Å². The molecule has 2 aliphatic heterocycles. The van der Waals surface area contributed by atoms with Crippen LogP contribution in [0.1, 0.15) is 90.2 Å². The summed E-state index contributed by atoms with van der Waals surface area (Å²) in [6.07, 6.45) is 24.8. The van der Waals surface area contributed by atoms with Gasteiger partial charge in [0.1, 0.15) is 11.6 Å². The molecule has 0 radical (unpaired) electrons. The number of amides is 4. The molecule has 296 valence electrons. The van der Waals surface area contributed by atoms with Crippen molar-refractivity contribution in [1.29, 1.82) is 0 Å². The number of benzene rings is 1. The average molecular weight is 767 g/mol. The third kappa shape index (κ3) is 15.1. The van der Waals surface area contributed by atoms with Crippen LogP contribution in [0.25, 0.3) is 0 Å². The van der Waals surface area contributed by atoms with Crippen LogP contribution in [-0.4, -0.2) is 73.0 Å². The molecule has 54 heavy (non-hydrogen) atoms. The van der Waals surface area contributed by atoms with Gasteiger partial charge in [-0.3, -0.25) is 19.1 Å². The molecule has 1 aromatic carbocycles. The van der Waals surface area contributed by atoms with Crippen molar-refractivity contribution >= 4 is 39.7 Å². The van der Waals surface area contributed by atoms with E-state index in [2.05, 4.69) is 80.0 Å². The van der Waals surface area contributed by atoms with Crippen molar-refractivity contribution in [1.82, 2.24) is 20.3 Å². The molecule has 5 aliphatic rings. The number of nitrogens with two attached hydrogens (primary N) is 1. The Hall–Kier alpha value is -5.08. The van der Waals surface area contributed by atoms with Gasteiger partial charge in [0.15, 0.2) is 0 Å². The zero-order chi connectivity index (χ0) is 41.1. The Bertz CT molecular complexity index is 1620. The first-order valence-corrected chi connectivity index (χ1v) is 19.6. The van der Waals surface area contributed by atoms with Crippen LogP contribution in [0.15, 0.2) is 54.7 Å². The summed E-state index contributed by atoms with van der Waals surface area (Å²) >= 11 is 0. The number of fused-ring (bicyclic) bond motifs is 1. The number of nitrogens with zero attached hydrogens (tertiary/aromatic N) is 2. The van der Waals surface area contributed by atoms with E-state index in [4.69, 9.17) is 10.5 Å². The van der Waals surface area contributed by atoms with Crippen molar-refractivity contribution in [2.24, 2.45) is 28.5 Å². The second kappa shape index (κ2) is 22.9. The highest BCUT2D eigenvalue weighted by Gasteiger charge is 2.61. The van der Waals surface area contributed by atoms with Gasteiger partial charge in [0.25, 0.3) is 5.91 Å². The summed E-state index contributed by atoms with van der Waals surface area (Å²) in [5, 5.41) is 5.07. The number of sulfonamides is 1. The summed E-state index contributed by atoms with van der Waals surface area (Å²) in [7, 11) is -3.64. The lowest BCUT2D eigenvalue weighted by Crippen LogP contribution is -2.55. The largest absolute Gasteiger partial charge is 0.411 e. The van der Waals surface area contributed by atoms with Crippen molar-refractivity contribution in [3.8, 4) is 25.7 Å². The number of primary amides is 1. The minimum atomic E-state index is -3.64. The van der Waals surface area contributed by atoms with Crippen LogP contribution in [0.3, 0.4) is 0 Å². The summed E-state index contributed by atoms with van der Waals surface area (Å²) in [6.45, 7) is 17.9. The normalized spacial score (nSPS) is 21.1. The Morgan fingerprint density at radius 1 is 1.06 bits per heavy atom. The highest BCUT2D eigenvalue weighted by molar-refractivity contribution is 7.91. The molecular weight excluding hydrogens is 709 g/mol. The highest BCUT2D eigenvalue weighted by atomic mass is 32.2. The number of nitrogens with one attached hydrogen (secondary N) is 3. The Morgan fingerprint density at radius 2 is 1.67 bits per heavy atom. The Morgan fingerprint density at radius 3 is 2.17 bits per heavy atom. The summed E-state index contributed by atoms with van der Waals surface area (Å²) < 4.78 is 30.9. The van der Waals surface area contributed by atoms with E-state index in [1.165, 1.54) is 12.8 Å². The number of terminal acetylenes is 2. The molecule has 0 bridgehead atoms. The monoisotopic (exact) mass is 766 g/mol. The van der Waals surface area contributed by atoms with Crippen molar-refractivity contribution in [3.63, 3.8) is 0 Å². The van der Waals surface area contributed by atoms with Crippen molar-refractivity contribution in [3.05, 3.63) is 60.8 Å². The third-order valence-corrected chi connectivity index (χ3v) is 10.3. The van der Waals surface area contributed by atoms with Crippen LogP contribution in [0.4, 0.5) is 4.79 Å². The lowest BCUT2D eigenvalue weighted by Gasteiger charge is -2.25. The first-order chi connectivity index (χ1) is 25.7. The van der Waals surface area contributed by atoms with Gasteiger partial charge in [-0.2, -0.15) is 0 Å². The van der Waals surface area contributed by atoms with Gasteiger partial charge < -0.3 is 26.0 Å². The Balaban J connectivity index is 0.000000407. The van der Waals surface area contributed by atoms with Gasteiger partial charge >= 0.3 is 6.09 Å². The maximum Gasteiger partial charge on any atom is 0.411 e. The summed E-state index contributed by atoms with van der Waals surface area (Å²) in [6, 6.07) is 7.21. The van der Waals surface area contributed by atoms with Crippen LogP contribution < -0.4 is 21.1 Å². The Kier molecular flexibility index (Phi) is 19.9. The number of ether oxygens (including phenoxy) is 1. The number of rotatable bonds is 10. The fourth-order valence-electron chi connectivity index (χ4n) is 5.45. The summed E-state index contributed by atoms with van der Waals surface area (Å²) in [4.78, 5) is 52.3. The van der Waals surface area contributed by atoms with Crippen LogP contribution in [0.2, 0.25) is 0 Å². The molecule has 3 saturated carbocycles. The molecule has 2 heterocycles. The van der Waals surface area contributed by atoms with Gasteiger partial charge in [-0.05, 0) is 81.5 Å². The molecular formula is C40H58N6O7S. The maximum atomic E-state index is 12.6. The number of hydrogen-bond acceptors (Lipinski definition) is 9. The zero-order valence-electron chi connectivity index (χ0n) is 32.1. The van der Waals surface area contributed by atoms with E-state index in [1.807, 2.05) is 36.1 Å². The van der Waals surface area contributed by atoms with Crippen LogP contribution in [-0.2, 0) is 35.7 Å². The first-order valence-electron chi connectivity index (χ1n) is 18.1. The van der Waals surface area contributed by atoms with Gasteiger partial charge in [-0.25, -0.2) is 18.2 Å². The van der Waals surface area contributed by atoms with E-state index in [9.17, 15) is 27.6 Å². The number of carbonyl (C=O) groups excluding carboxylic acids is 4. The summed E-state index contributed by atoms with van der Waals surface area (Å²) in [5.74, 6) is 0.917. The molecule has 0 spiro atoms. The highest BCUT2D eigenvalue weighted by Crippen LogP contribution is 2.45. The first kappa shape index (κ1) is 46.9. The quantitative estimate of drug-likeness (QED) is 0.199. The SMILES string of the molecule is C#C.C#C.C=CC1CC1(NC(=O)[C@@H]1CCCN1C=C)C(=O)NS(=O)(=O)C1CC1.CC(C)C.CCNC(=O)CC1CC1.NC(=O)OC1=NCc2ccccc21. The van der Waals surface area contributed by atoms with Gasteiger partial charge in [0, 0.05) is 31.0 Å². The molecule has 4 amide bonds. The van der Waals surface area contributed by atoms with Crippen LogP contribution >= 0.6 is 0 Å². The molecule has 13 nitrogen and oxygen atoms in total. The van der Waals surface area contributed by atoms with Gasteiger partial charge in [-0.1, -0.05) is 51.6 Å². The maximum absolute atomic E-state index is 12.6. The van der Waals surface area contributed by atoms with E-state index in [0.29, 0.717) is 38.1 Å². The molecule has 4 fully saturated rings. The molecule has 5 N–H and O–H groups in total. The topological polar surface area (TPSA) is 189 Å². The molecule has 14 heteroatoms. The lowest BCUT2D eigenvalue weighted by molar-refractivity contribution is -0.131. The molecule has 3 atom stereocenters. The standard InChI is InChI=1S/C16H23N3O4S.C9H8N2O2.C7H13NO.C4H10.2C2H2/c1-3-11-10-16(11,15(21)18-24(22,23)12-7-8-12)17-14(20)13-6-5-9-19(13)4-2;10-9(12)13-8-7-4-2-1-3-6(7)5-11-8;1-2-8-7(9)5-6-3-4-6;1-4(2)3;2*1-2/h3-4,11-13H,1-2,5-10H2,(H,17,20)(H,18,21);1-4H,5H2,(H2,10,12);6H,2-5H2,1H3,(H,8,9);4H,1-3H3;2*1-2H/t11?,13-,16?;;;;;/m0...../s1. The number of likely N-dealkylation sites (tertiary alicyclic amines) is 1. The minimum absolute atomic E-state index is 0.222. The predicted octanol–water partition coefficient (Wildman–Crippen LogP) is 4.39.